The SMILES string of the molecule is CCN1CCN(CC2(N)CCCC(C)C2)CC1C. The second-order valence-corrected chi connectivity index (χ2v) is 6.78. The molecule has 2 rings (SSSR count). The Hall–Kier alpha value is -0.120. The Morgan fingerprint density at radius 1 is 1.28 bits per heavy atom. The number of hydrogen-bond acceptors (Lipinski definition) is 3. The molecule has 2 fully saturated rings. The van der Waals surface area contributed by atoms with Crippen LogP contribution in [0.4, 0.5) is 0 Å². The molecule has 1 heterocycles. The summed E-state index contributed by atoms with van der Waals surface area (Å²) < 4.78 is 0. The van der Waals surface area contributed by atoms with Crippen molar-refractivity contribution >= 4 is 0 Å². The topological polar surface area (TPSA) is 32.5 Å². The summed E-state index contributed by atoms with van der Waals surface area (Å²) in [6.45, 7) is 12.9. The summed E-state index contributed by atoms with van der Waals surface area (Å²) in [5.41, 5.74) is 6.73. The average Bonchev–Trinajstić information content (AvgIpc) is 2.28. The minimum Gasteiger partial charge on any atom is -0.324 e. The first kappa shape index (κ1) is 14.3. The summed E-state index contributed by atoms with van der Waals surface area (Å²) in [4.78, 5) is 5.18. The molecule has 1 aliphatic carbocycles. The van der Waals surface area contributed by atoms with Crippen LogP contribution in [0.15, 0.2) is 0 Å². The largest absolute Gasteiger partial charge is 0.324 e. The molecular formula is C15H31N3. The van der Waals surface area contributed by atoms with Crippen LogP contribution in [-0.4, -0.2) is 54.1 Å². The van der Waals surface area contributed by atoms with Gasteiger partial charge >= 0.3 is 0 Å². The summed E-state index contributed by atoms with van der Waals surface area (Å²) >= 11 is 0. The zero-order valence-corrected chi connectivity index (χ0v) is 12.5. The highest BCUT2D eigenvalue weighted by atomic mass is 15.3. The second-order valence-electron chi connectivity index (χ2n) is 6.78. The fourth-order valence-electron chi connectivity index (χ4n) is 3.97. The van der Waals surface area contributed by atoms with Crippen LogP contribution in [0, 0.1) is 5.92 Å². The summed E-state index contributed by atoms with van der Waals surface area (Å²) in [7, 11) is 0. The predicted molar refractivity (Wildman–Crippen MR) is 77.7 cm³/mol. The highest BCUT2D eigenvalue weighted by molar-refractivity contribution is 4.94. The van der Waals surface area contributed by atoms with Crippen molar-refractivity contribution < 1.29 is 0 Å². The molecule has 0 spiro atoms. The van der Waals surface area contributed by atoms with Crippen LogP contribution in [0.25, 0.3) is 0 Å². The number of rotatable bonds is 3. The first-order valence-electron chi connectivity index (χ1n) is 7.78. The Balaban J connectivity index is 1.86. The van der Waals surface area contributed by atoms with E-state index in [4.69, 9.17) is 5.73 Å². The maximum atomic E-state index is 6.64. The molecule has 1 saturated heterocycles. The minimum atomic E-state index is 0.0891. The van der Waals surface area contributed by atoms with Crippen LogP contribution in [-0.2, 0) is 0 Å². The van der Waals surface area contributed by atoms with Gasteiger partial charge in [0.05, 0.1) is 0 Å². The molecule has 0 aromatic carbocycles. The van der Waals surface area contributed by atoms with Gasteiger partial charge in [0.25, 0.3) is 0 Å². The molecule has 2 aliphatic rings. The normalized spacial score (nSPS) is 40.0. The molecule has 0 bridgehead atoms. The van der Waals surface area contributed by atoms with E-state index in [0.717, 1.165) is 12.5 Å². The van der Waals surface area contributed by atoms with E-state index in [1.807, 2.05) is 0 Å². The molecule has 3 nitrogen and oxygen atoms in total. The van der Waals surface area contributed by atoms with Crippen LogP contribution in [0.5, 0.6) is 0 Å². The highest BCUT2D eigenvalue weighted by Crippen LogP contribution is 2.31. The van der Waals surface area contributed by atoms with E-state index in [9.17, 15) is 0 Å². The van der Waals surface area contributed by atoms with Crippen molar-refractivity contribution in [2.24, 2.45) is 11.7 Å². The van der Waals surface area contributed by atoms with E-state index in [0.29, 0.717) is 6.04 Å². The lowest BCUT2D eigenvalue weighted by Gasteiger charge is -2.45. The number of nitrogens with zero attached hydrogens (tertiary/aromatic N) is 2. The van der Waals surface area contributed by atoms with Crippen LogP contribution in [0.2, 0.25) is 0 Å². The van der Waals surface area contributed by atoms with Gasteiger partial charge in [-0.05, 0) is 32.2 Å². The van der Waals surface area contributed by atoms with Crippen molar-refractivity contribution in [1.82, 2.24) is 9.80 Å². The number of hydrogen-bond donors (Lipinski definition) is 1. The Morgan fingerprint density at radius 2 is 2.06 bits per heavy atom. The van der Waals surface area contributed by atoms with Gasteiger partial charge in [0.2, 0.25) is 0 Å². The van der Waals surface area contributed by atoms with E-state index >= 15 is 0 Å². The molecule has 18 heavy (non-hydrogen) atoms. The van der Waals surface area contributed by atoms with Gasteiger partial charge in [0, 0.05) is 37.8 Å². The van der Waals surface area contributed by atoms with E-state index in [2.05, 4.69) is 30.6 Å². The smallest absolute Gasteiger partial charge is 0.0285 e. The van der Waals surface area contributed by atoms with Crippen molar-refractivity contribution in [1.29, 1.82) is 0 Å². The average molecular weight is 253 g/mol. The number of piperazine rings is 1. The Bertz CT molecular complexity index is 268. The third kappa shape index (κ3) is 3.46. The lowest BCUT2D eigenvalue weighted by atomic mass is 9.76. The fraction of sp³-hybridized carbons (Fsp3) is 1.00. The Morgan fingerprint density at radius 3 is 2.67 bits per heavy atom. The molecule has 0 amide bonds. The molecule has 106 valence electrons. The zero-order valence-electron chi connectivity index (χ0n) is 12.5. The summed E-state index contributed by atoms with van der Waals surface area (Å²) in [6.07, 6.45) is 5.14. The van der Waals surface area contributed by atoms with Crippen LogP contribution >= 0.6 is 0 Å². The molecule has 3 atom stereocenters. The summed E-state index contributed by atoms with van der Waals surface area (Å²) in [5, 5.41) is 0. The van der Waals surface area contributed by atoms with Crippen molar-refractivity contribution in [3.8, 4) is 0 Å². The maximum Gasteiger partial charge on any atom is 0.0285 e. The van der Waals surface area contributed by atoms with Crippen molar-refractivity contribution in [3.05, 3.63) is 0 Å². The zero-order chi connectivity index (χ0) is 13.2. The van der Waals surface area contributed by atoms with Gasteiger partial charge in [-0.2, -0.15) is 0 Å². The van der Waals surface area contributed by atoms with E-state index < -0.39 is 0 Å². The lowest BCUT2D eigenvalue weighted by Crippen LogP contribution is -2.58. The monoisotopic (exact) mass is 253 g/mol. The predicted octanol–water partition coefficient (Wildman–Crippen LogP) is 1.92. The third-order valence-electron chi connectivity index (χ3n) is 4.92. The highest BCUT2D eigenvalue weighted by Gasteiger charge is 2.34. The van der Waals surface area contributed by atoms with Gasteiger partial charge in [-0.1, -0.05) is 26.7 Å². The second kappa shape index (κ2) is 5.89. The van der Waals surface area contributed by atoms with Gasteiger partial charge in [-0.25, -0.2) is 0 Å². The molecule has 1 aliphatic heterocycles. The van der Waals surface area contributed by atoms with Gasteiger partial charge < -0.3 is 5.73 Å². The van der Waals surface area contributed by atoms with E-state index in [-0.39, 0.29) is 5.54 Å². The van der Waals surface area contributed by atoms with E-state index in [1.165, 1.54) is 51.9 Å². The quantitative estimate of drug-likeness (QED) is 0.834. The van der Waals surface area contributed by atoms with Crippen LogP contribution in [0.3, 0.4) is 0 Å². The Labute approximate surface area is 113 Å². The molecule has 0 aromatic heterocycles. The number of nitrogens with two attached hydrogens (primary N) is 1. The molecule has 0 aromatic rings. The first-order valence-corrected chi connectivity index (χ1v) is 7.78. The van der Waals surface area contributed by atoms with Crippen molar-refractivity contribution in [2.75, 3.05) is 32.7 Å². The fourth-order valence-corrected chi connectivity index (χ4v) is 3.97. The van der Waals surface area contributed by atoms with E-state index in [1.54, 1.807) is 0 Å². The van der Waals surface area contributed by atoms with Gasteiger partial charge in [0.1, 0.15) is 0 Å². The van der Waals surface area contributed by atoms with Crippen LogP contribution < -0.4 is 5.73 Å². The van der Waals surface area contributed by atoms with Crippen molar-refractivity contribution in [2.45, 2.75) is 58.0 Å². The Kier molecular flexibility index (Phi) is 4.68. The van der Waals surface area contributed by atoms with Crippen molar-refractivity contribution in [3.63, 3.8) is 0 Å². The first-order chi connectivity index (χ1) is 8.52. The molecule has 3 heteroatoms. The molecule has 0 radical (unpaired) electrons. The maximum absolute atomic E-state index is 6.64. The molecule has 1 saturated carbocycles. The molecule has 3 unspecified atom stereocenters. The van der Waals surface area contributed by atoms with Crippen LogP contribution in [0.1, 0.15) is 46.5 Å². The lowest BCUT2D eigenvalue weighted by molar-refractivity contribution is 0.0602. The van der Waals surface area contributed by atoms with Gasteiger partial charge in [-0.3, -0.25) is 9.80 Å². The third-order valence-corrected chi connectivity index (χ3v) is 4.92. The van der Waals surface area contributed by atoms with Gasteiger partial charge in [-0.15, -0.1) is 0 Å². The molecule has 2 N–H and O–H groups in total. The summed E-state index contributed by atoms with van der Waals surface area (Å²) in [6, 6.07) is 0.688. The minimum absolute atomic E-state index is 0.0891. The number of likely N-dealkylation sites (N-methyl/N-ethyl adjacent to an activating group) is 1. The molecular weight excluding hydrogens is 222 g/mol. The van der Waals surface area contributed by atoms with Gasteiger partial charge in [0.15, 0.2) is 0 Å². The summed E-state index contributed by atoms with van der Waals surface area (Å²) in [5.74, 6) is 0.818. The standard InChI is InChI=1S/C15H31N3/c1-4-18-9-8-17(11-14(18)3)12-15(16)7-5-6-13(2)10-15/h13-14H,4-12,16H2,1-3H3.